The molecule has 70 valence electrons. The van der Waals surface area contributed by atoms with Gasteiger partial charge in [-0.1, -0.05) is 13.5 Å². The molecule has 0 radical (unpaired) electrons. The highest BCUT2D eigenvalue weighted by Gasteiger charge is 2.09. The van der Waals surface area contributed by atoms with E-state index in [2.05, 4.69) is 21.3 Å². The van der Waals surface area contributed by atoms with Crippen molar-refractivity contribution in [3.8, 4) is 0 Å². The van der Waals surface area contributed by atoms with Crippen LogP contribution in [0.1, 0.15) is 29.7 Å². The van der Waals surface area contributed by atoms with Crippen molar-refractivity contribution in [1.82, 2.24) is 9.97 Å². The van der Waals surface area contributed by atoms with Crippen LogP contribution < -0.4 is 0 Å². The molecule has 13 heavy (non-hydrogen) atoms. The first kappa shape index (κ1) is 9.51. The van der Waals surface area contributed by atoms with Crippen molar-refractivity contribution in [2.45, 2.75) is 13.3 Å². The summed E-state index contributed by atoms with van der Waals surface area (Å²) in [4.78, 5) is 17.8. The molecule has 0 unspecified atom stereocenters. The van der Waals surface area contributed by atoms with Gasteiger partial charge in [0.15, 0.2) is 0 Å². The van der Waals surface area contributed by atoms with E-state index in [1.54, 1.807) is 0 Å². The Morgan fingerprint density at radius 1 is 1.77 bits per heavy atom. The van der Waals surface area contributed by atoms with Crippen LogP contribution in [-0.2, 0) is 4.74 Å². The van der Waals surface area contributed by atoms with E-state index in [1.165, 1.54) is 13.3 Å². The summed E-state index contributed by atoms with van der Waals surface area (Å²) in [6, 6.07) is 0. The lowest BCUT2D eigenvalue weighted by atomic mass is 10.2. The van der Waals surface area contributed by atoms with Crippen LogP contribution in [0.15, 0.2) is 12.8 Å². The van der Waals surface area contributed by atoms with Crippen molar-refractivity contribution >= 4 is 11.5 Å². The van der Waals surface area contributed by atoms with Crippen LogP contribution in [0.4, 0.5) is 0 Å². The molecule has 0 aromatic carbocycles. The number of aromatic nitrogens is 2. The van der Waals surface area contributed by atoms with Crippen LogP contribution in [-0.4, -0.2) is 23.0 Å². The predicted molar refractivity (Wildman–Crippen MR) is 49.3 cm³/mol. The van der Waals surface area contributed by atoms with Gasteiger partial charge in [0.25, 0.3) is 0 Å². The van der Waals surface area contributed by atoms with Gasteiger partial charge in [-0.2, -0.15) is 0 Å². The highest BCUT2D eigenvalue weighted by molar-refractivity contribution is 5.87. The van der Waals surface area contributed by atoms with E-state index in [1.807, 2.05) is 6.92 Å². The van der Waals surface area contributed by atoms with Crippen LogP contribution in [0.2, 0.25) is 0 Å². The number of hydrogen-bond acceptors (Lipinski definition) is 3. The number of hydrogen-bond donors (Lipinski definition) is 1. The number of rotatable bonds is 3. The zero-order valence-electron chi connectivity index (χ0n) is 7.76. The number of ether oxygens (including phenoxy) is 1. The van der Waals surface area contributed by atoms with Gasteiger partial charge in [0, 0.05) is 0 Å². The Labute approximate surface area is 76.6 Å². The Morgan fingerprint density at radius 3 is 3.00 bits per heavy atom. The van der Waals surface area contributed by atoms with Gasteiger partial charge in [-0.3, -0.25) is 0 Å². The van der Waals surface area contributed by atoms with Gasteiger partial charge in [0.2, 0.25) is 0 Å². The number of carbonyl (C=O) groups is 1. The van der Waals surface area contributed by atoms with E-state index in [0.29, 0.717) is 11.5 Å². The first-order valence-corrected chi connectivity index (χ1v) is 4.00. The summed E-state index contributed by atoms with van der Waals surface area (Å²) in [7, 11) is 1.33. The van der Waals surface area contributed by atoms with Crippen molar-refractivity contribution in [2.24, 2.45) is 0 Å². The summed E-state index contributed by atoms with van der Waals surface area (Å²) < 4.78 is 4.52. The van der Waals surface area contributed by atoms with Gasteiger partial charge in [-0.15, -0.1) is 0 Å². The standard InChI is InChI=1S/C9H12N2O2/c1-4-6(2)8-10-5-7(11-8)9(12)13-3/h5H,2,4H2,1,3H3,(H,10,11). The number of imidazole rings is 1. The van der Waals surface area contributed by atoms with Crippen molar-refractivity contribution in [3.05, 3.63) is 24.3 Å². The molecule has 0 amide bonds. The predicted octanol–water partition coefficient (Wildman–Crippen LogP) is 1.62. The lowest BCUT2D eigenvalue weighted by molar-refractivity contribution is 0.0594. The molecule has 0 fully saturated rings. The van der Waals surface area contributed by atoms with Crippen LogP contribution in [0.25, 0.3) is 5.57 Å². The summed E-state index contributed by atoms with van der Waals surface area (Å²) in [5.41, 5.74) is 1.22. The Balaban J connectivity index is 2.86. The normalized spacial score (nSPS) is 9.69. The third-order valence-corrected chi connectivity index (χ3v) is 1.74. The molecule has 0 bridgehead atoms. The molecular formula is C9H12N2O2. The number of esters is 1. The average molecular weight is 180 g/mol. The molecule has 0 aliphatic rings. The summed E-state index contributed by atoms with van der Waals surface area (Å²) in [6.07, 6.45) is 2.25. The molecule has 1 aromatic rings. The molecule has 4 heteroatoms. The fourth-order valence-corrected chi connectivity index (χ4v) is 0.882. The van der Waals surface area contributed by atoms with Gasteiger partial charge in [-0.25, -0.2) is 9.78 Å². The van der Waals surface area contributed by atoms with E-state index in [0.717, 1.165) is 12.0 Å². The third-order valence-electron chi connectivity index (χ3n) is 1.74. The minimum Gasteiger partial charge on any atom is -0.464 e. The van der Waals surface area contributed by atoms with Crippen LogP contribution in [0, 0.1) is 0 Å². The van der Waals surface area contributed by atoms with Gasteiger partial charge < -0.3 is 9.72 Å². The maximum atomic E-state index is 11.0. The summed E-state index contributed by atoms with van der Waals surface area (Å²) >= 11 is 0. The average Bonchev–Trinajstić information content (AvgIpc) is 2.64. The van der Waals surface area contributed by atoms with Gasteiger partial charge in [0.1, 0.15) is 11.5 Å². The second kappa shape index (κ2) is 3.89. The first-order valence-electron chi connectivity index (χ1n) is 4.00. The molecule has 0 aliphatic heterocycles. The second-order valence-corrected chi connectivity index (χ2v) is 2.59. The SMILES string of the molecule is C=C(CC)c1ncc(C(=O)OC)[nH]1. The molecule has 0 atom stereocenters. The van der Waals surface area contributed by atoms with Gasteiger partial charge in [-0.05, 0) is 12.0 Å². The smallest absolute Gasteiger partial charge is 0.356 e. The number of nitrogens with zero attached hydrogens (tertiary/aromatic N) is 1. The minimum atomic E-state index is -0.414. The zero-order valence-corrected chi connectivity index (χ0v) is 7.76. The third kappa shape index (κ3) is 1.96. The molecule has 0 saturated heterocycles. The molecule has 1 aromatic heterocycles. The van der Waals surface area contributed by atoms with E-state index < -0.39 is 5.97 Å². The minimum absolute atomic E-state index is 0.354. The van der Waals surface area contributed by atoms with E-state index in [9.17, 15) is 4.79 Å². The number of aromatic amines is 1. The fraction of sp³-hybridized carbons (Fsp3) is 0.333. The van der Waals surface area contributed by atoms with E-state index >= 15 is 0 Å². The highest BCUT2D eigenvalue weighted by atomic mass is 16.5. The lowest BCUT2D eigenvalue weighted by Gasteiger charge is -1.95. The van der Waals surface area contributed by atoms with Crippen LogP contribution >= 0.6 is 0 Å². The fourth-order valence-electron chi connectivity index (χ4n) is 0.882. The monoisotopic (exact) mass is 180 g/mol. The molecule has 1 N–H and O–H groups in total. The Kier molecular flexibility index (Phi) is 2.84. The first-order chi connectivity index (χ1) is 6.19. The molecule has 1 rings (SSSR count). The van der Waals surface area contributed by atoms with Crippen LogP contribution in [0.3, 0.4) is 0 Å². The summed E-state index contributed by atoms with van der Waals surface area (Å²) in [5.74, 6) is 0.227. The molecule has 0 spiro atoms. The number of allylic oxidation sites excluding steroid dienone is 1. The molecular weight excluding hydrogens is 168 g/mol. The number of H-pyrrole nitrogens is 1. The van der Waals surface area contributed by atoms with Crippen molar-refractivity contribution in [2.75, 3.05) is 7.11 Å². The Morgan fingerprint density at radius 2 is 2.46 bits per heavy atom. The van der Waals surface area contributed by atoms with E-state index in [-0.39, 0.29) is 0 Å². The topological polar surface area (TPSA) is 55.0 Å². The van der Waals surface area contributed by atoms with Crippen molar-refractivity contribution in [3.63, 3.8) is 0 Å². The summed E-state index contributed by atoms with van der Waals surface area (Å²) in [5, 5.41) is 0. The Bertz CT molecular complexity index is 298. The molecule has 1 heterocycles. The molecule has 4 nitrogen and oxygen atoms in total. The highest BCUT2D eigenvalue weighted by Crippen LogP contribution is 2.11. The number of carbonyl (C=O) groups excluding carboxylic acids is 1. The maximum Gasteiger partial charge on any atom is 0.356 e. The summed E-state index contributed by atoms with van der Waals surface area (Å²) in [6.45, 7) is 5.77. The largest absolute Gasteiger partial charge is 0.464 e. The zero-order chi connectivity index (χ0) is 9.84. The number of methoxy groups -OCH3 is 1. The molecule has 0 saturated carbocycles. The number of nitrogens with one attached hydrogen (secondary N) is 1. The van der Waals surface area contributed by atoms with Crippen LogP contribution in [0.5, 0.6) is 0 Å². The molecule has 0 aliphatic carbocycles. The Hall–Kier alpha value is -1.58. The van der Waals surface area contributed by atoms with Crippen molar-refractivity contribution in [1.29, 1.82) is 0 Å². The second-order valence-electron chi connectivity index (χ2n) is 2.59. The van der Waals surface area contributed by atoms with Gasteiger partial charge in [0.05, 0.1) is 13.3 Å². The van der Waals surface area contributed by atoms with Gasteiger partial charge >= 0.3 is 5.97 Å². The quantitative estimate of drug-likeness (QED) is 0.719. The van der Waals surface area contributed by atoms with E-state index in [4.69, 9.17) is 0 Å². The maximum absolute atomic E-state index is 11.0. The van der Waals surface area contributed by atoms with Crippen molar-refractivity contribution < 1.29 is 9.53 Å². The lowest BCUT2D eigenvalue weighted by Crippen LogP contribution is -2.01.